The van der Waals surface area contributed by atoms with E-state index >= 15 is 0 Å². The molecule has 0 spiro atoms. The molecule has 0 aliphatic rings. The van der Waals surface area contributed by atoms with Crippen molar-refractivity contribution < 1.29 is 18.0 Å². The van der Waals surface area contributed by atoms with Crippen molar-refractivity contribution in [3.63, 3.8) is 0 Å². The second-order valence-corrected chi connectivity index (χ2v) is 3.36. The highest BCUT2D eigenvalue weighted by molar-refractivity contribution is 6.03. The SMILES string of the molecule is O=C(Nc1ncn[nH]1)c1ccc(C(F)(F)F)cc1. The molecule has 5 nitrogen and oxygen atoms in total. The summed E-state index contributed by atoms with van der Waals surface area (Å²) in [7, 11) is 0. The van der Waals surface area contributed by atoms with Crippen LogP contribution in [0.1, 0.15) is 15.9 Å². The third-order valence-corrected chi connectivity index (χ3v) is 2.12. The molecule has 94 valence electrons. The fourth-order valence-corrected chi connectivity index (χ4v) is 1.26. The molecule has 0 aliphatic heterocycles. The van der Waals surface area contributed by atoms with Gasteiger partial charge in [-0.1, -0.05) is 0 Å². The summed E-state index contributed by atoms with van der Waals surface area (Å²) >= 11 is 0. The van der Waals surface area contributed by atoms with E-state index in [9.17, 15) is 18.0 Å². The van der Waals surface area contributed by atoms with E-state index in [2.05, 4.69) is 20.5 Å². The number of nitrogens with zero attached hydrogens (tertiary/aromatic N) is 2. The second-order valence-electron chi connectivity index (χ2n) is 3.36. The largest absolute Gasteiger partial charge is 0.416 e. The summed E-state index contributed by atoms with van der Waals surface area (Å²) in [5, 5.41) is 8.26. The van der Waals surface area contributed by atoms with Gasteiger partial charge < -0.3 is 0 Å². The number of anilines is 1. The number of carbonyl (C=O) groups excluding carboxylic acids is 1. The van der Waals surface area contributed by atoms with Gasteiger partial charge >= 0.3 is 6.18 Å². The molecule has 2 rings (SSSR count). The normalized spacial score (nSPS) is 11.3. The van der Waals surface area contributed by atoms with Crippen LogP contribution in [0, 0.1) is 0 Å². The molecule has 2 N–H and O–H groups in total. The van der Waals surface area contributed by atoms with Gasteiger partial charge in [-0.25, -0.2) is 5.10 Å². The van der Waals surface area contributed by atoms with Crippen molar-refractivity contribution in [3.05, 3.63) is 41.7 Å². The number of hydrogen-bond donors (Lipinski definition) is 2. The van der Waals surface area contributed by atoms with E-state index in [4.69, 9.17) is 0 Å². The maximum atomic E-state index is 12.3. The van der Waals surface area contributed by atoms with Crippen molar-refractivity contribution in [3.8, 4) is 0 Å². The van der Waals surface area contributed by atoms with Crippen LogP contribution in [0.3, 0.4) is 0 Å². The highest BCUT2D eigenvalue weighted by Gasteiger charge is 2.30. The van der Waals surface area contributed by atoms with Crippen molar-refractivity contribution in [2.24, 2.45) is 0 Å². The minimum Gasteiger partial charge on any atom is -0.291 e. The number of hydrogen-bond acceptors (Lipinski definition) is 3. The molecular weight excluding hydrogens is 249 g/mol. The number of halogens is 3. The lowest BCUT2D eigenvalue weighted by Crippen LogP contribution is -2.13. The first-order valence-corrected chi connectivity index (χ1v) is 4.81. The highest BCUT2D eigenvalue weighted by Crippen LogP contribution is 2.29. The Balaban J connectivity index is 2.12. The molecule has 1 aromatic carbocycles. The van der Waals surface area contributed by atoms with Crippen molar-refractivity contribution in [2.45, 2.75) is 6.18 Å². The molecule has 0 saturated carbocycles. The number of aromatic amines is 1. The number of H-pyrrole nitrogens is 1. The Hall–Kier alpha value is -2.38. The number of aromatic nitrogens is 3. The van der Waals surface area contributed by atoms with E-state index in [1.807, 2.05) is 0 Å². The lowest BCUT2D eigenvalue weighted by atomic mass is 10.1. The molecule has 1 amide bonds. The van der Waals surface area contributed by atoms with Crippen LogP contribution in [0.5, 0.6) is 0 Å². The smallest absolute Gasteiger partial charge is 0.291 e. The molecule has 1 aromatic heterocycles. The fourth-order valence-electron chi connectivity index (χ4n) is 1.26. The maximum absolute atomic E-state index is 12.3. The summed E-state index contributed by atoms with van der Waals surface area (Å²) < 4.78 is 36.9. The topological polar surface area (TPSA) is 70.7 Å². The highest BCUT2D eigenvalue weighted by atomic mass is 19.4. The van der Waals surface area contributed by atoms with Gasteiger partial charge in [-0.2, -0.15) is 23.3 Å². The predicted octanol–water partition coefficient (Wildman–Crippen LogP) is 2.08. The molecule has 0 radical (unpaired) electrons. The Morgan fingerprint density at radius 2 is 1.89 bits per heavy atom. The molecular formula is C10H7F3N4O. The summed E-state index contributed by atoms with van der Waals surface area (Å²) in [5.74, 6) is -0.444. The van der Waals surface area contributed by atoms with Crippen LogP contribution in [-0.4, -0.2) is 21.1 Å². The third kappa shape index (κ3) is 2.65. The molecule has 2 aromatic rings. The van der Waals surface area contributed by atoms with Gasteiger partial charge in [0, 0.05) is 5.56 Å². The quantitative estimate of drug-likeness (QED) is 0.864. The zero-order chi connectivity index (χ0) is 13.2. The summed E-state index contributed by atoms with van der Waals surface area (Å²) in [6.07, 6.45) is -3.22. The molecule has 8 heteroatoms. The van der Waals surface area contributed by atoms with Crippen molar-refractivity contribution in [2.75, 3.05) is 5.32 Å². The molecule has 1 heterocycles. The first-order chi connectivity index (χ1) is 8.47. The number of rotatable bonds is 2. The molecule has 0 atom stereocenters. The Morgan fingerprint density at radius 3 is 2.39 bits per heavy atom. The van der Waals surface area contributed by atoms with E-state index in [-0.39, 0.29) is 11.5 Å². The fraction of sp³-hybridized carbons (Fsp3) is 0.100. The van der Waals surface area contributed by atoms with Gasteiger partial charge in [0.25, 0.3) is 5.91 Å². The summed E-state index contributed by atoms with van der Waals surface area (Å²) in [5.41, 5.74) is -0.710. The van der Waals surface area contributed by atoms with Crippen LogP contribution in [0.15, 0.2) is 30.6 Å². The van der Waals surface area contributed by atoms with E-state index in [1.54, 1.807) is 0 Å². The van der Waals surface area contributed by atoms with Crippen LogP contribution in [0.2, 0.25) is 0 Å². The maximum Gasteiger partial charge on any atom is 0.416 e. The van der Waals surface area contributed by atoms with E-state index in [1.165, 1.54) is 6.33 Å². The first-order valence-electron chi connectivity index (χ1n) is 4.81. The van der Waals surface area contributed by atoms with Crippen LogP contribution in [0.25, 0.3) is 0 Å². The summed E-state index contributed by atoms with van der Waals surface area (Å²) in [6, 6.07) is 3.87. The van der Waals surface area contributed by atoms with E-state index in [0.717, 1.165) is 24.3 Å². The Morgan fingerprint density at radius 1 is 1.22 bits per heavy atom. The zero-order valence-electron chi connectivity index (χ0n) is 8.82. The van der Waals surface area contributed by atoms with Crippen molar-refractivity contribution >= 4 is 11.9 Å². The lowest BCUT2D eigenvalue weighted by molar-refractivity contribution is -0.137. The molecule has 18 heavy (non-hydrogen) atoms. The minimum absolute atomic E-state index is 0.0967. The van der Waals surface area contributed by atoms with Gasteiger partial charge in [0.2, 0.25) is 5.95 Å². The second kappa shape index (κ2) is 4.47. The molecule has 0 saturated heterocycles. The van der Waals surface area contributed by atoms with Gasteiger partial charge in [0.1, 0.15) is 6.33 Å². The van der Waals surface area contributed by atoms with Crippen molar-refractivity contribution in [1.82, 2.24) is 15.2 Å². The number of benzene rings is 1. The van der Waals surface area contributed by atoms with Crippen molar-refractivity contribution in [1.29, 1.82) is 0 Å². The molecule has 0 unspecified atom stereocenters. The first kappa shape index (κ1) is 12.1. The van der Waals surface area contributed by atoms with Gasteiger partial charge in [-0.05, 0) is 24.3 Å². The Kier molecular flexibility index (Phi) is 3.00. The van der Waals surface area contributed by atoms with Gasteiger partial charge in [-0.3, -0.25) is 10.1 Å². The van der Waals surface area contributed by atoms with Gasteiger partial charge in [-0.15, -0.1) is 0 Å². The Bertz CT molecular complexity index is 533. The lowest BCUT2D eigenvalue weighted by Gasteiger charge is -2.07. The average molecular weight is 256 g/mol. The van der Waals surface area contributed by atoms with Gasteiger partial charge in [0.15, 0.2) is 0 Å². The number of nitrogens with one attached hydrogen (secondary N) is 2. The predicted molar refractivity (Wildman–Crippen MR) is 55.8 cm³/mol. The van der Waals surface area contributed by atoms with Crippen LogP contribution >= 0.6 is 0 Å². The van der Waals surface area contributed by atoms with Crippen LogP contribution in [0.4, 0.5) is 19.1 Å². The summed E-state index contributed by atoms with van der Waals surface area (Å²) in [6.45, 7) is 0. The van der Waals surface area contributed by atoms with E-state index in [0.29, 0.717) is 0 Å². The number of amides is 1. The molecule has 0 fully saturated rings. The standard InChI is InChI=1S/C10H7F3N4O/c11-10(12,13)7-3-1-6(2-4-7)8(18)16-9-14-5-15-17-9/h1-5H,(H2,14,15,16,17,18). The number of alkyl halides is 3. The number of carbonyl (C=O) groups is 1. The van der Waals surface area contributed by atoms with Crippen LogP contribution in [-0.2, 0) is 6.18 Å². The molecule has 0 bridgehead atoms. The summed E-state index contributed by atoms with van der Waals surface area (Å²) in [4.78, 5) is 15.3. The van der Waals surface area contributed by atoms with Gasteiger partial charge in [0.05, 0.1) is 5.56 Å². The zero-order valence-corrected chi connectivity index (χ0v) is 8.82. The third-order valence-electron chi connectivity index (χ3n) is 2.12. The van der Waals surface area contributed by atoms with Crippen LogP contribution < -0.4 is 5.32 Å². The molecule has 0 aliphatic carbocycles. The Labute approximate surface area is 99.0 Å². The van der Waals surface area contributed by atoms with E-state index < -0.39 is 17.6 Å². The monoisotopic (exact) mass is 256 g/mol. The minimum atomic E-state index is -4.42. The average Bonchev–Trinajstić information content (AvgIpc) is 2.81.